The molecule has 0 spiro atoms. The molecule has 0 bridgehead atoms. The Hall–Kier alpha value is -2.93. The van der Waals surface area contributed by atoms with Crippen LogP contribution in [0.5, 0.6) is 0 Å². The van der Waals surface area contributed by atoms with E-state index in [1.165, 1.54) is 6.07 Å². The van der Waals surface area contributed by atoms with Gasteiger partial charge < -0.3 is 20.9 Å². The van der Waals surface area contributed by atoms with E-state index in [2.05, 4.69) is 34.8 Å². The van der Waals surface area contributed by atoms with E-state index in [1.807, 2.05) is 49.3 Å². The third-order valence-electron chi connectivity index (χ3n) is 5.02. The zero-order chi connectivity index (χ0) is 22.9. The van der Waals surface area contributed by atoms with Crippen molar-refractivity contribution in [2.24, 2.45) is 4.99 Å². The fraction of sp³-hybridized carbons (Fsp3) is 0.417. The maximum Gasteiger partial charge on any atom is 0.251 e. The summed E-state index contributed by atoms with van der Waals surface area (Å²) in [6, 6.07) is 14.2. The van der Waals surface area contributed by atoms with Gasteiger partial charge in [0.05, 0.1) is 0 Å². The normalized spacial score (nSPS) is 12.0. The number of nitrogens with zero attached hydrogens (tertiary/aromatic N) is 2. The maximum atomic E-state index is 13.6. The fourth-order valence-electron chi connectivity index (χ4n) is 3.04. The highest BCUT2D eigenvalue weighted by molar-refractivity contribution is 5.94. The van der Waals surface area contributed by atoms with Gasteiger partial charge in [-0.25, -0.2) is 4.39 Å². The van der Waals surface area contributed by atoms with Crippen LogP contribution >= 0.6 is 0 Å². The molecular weight excluding hydrogens is 393 g/mol. The van der Waals surface area contributed by atoms with E-state index >= 15 is 0 Å². The Morgan fingerprint density at radius 3 is 2.48 bits per heavy atom. The number of benzene rings is 2. The molecule has 0 atom stereocenters. The molecule has 168 valence electrons. The number of rotatable bonds is 9. The number of carbonyl (C=O) groups excluding carboxylic acids is 1. The number of aliphatic imine (C=N–C) groups is 1. The number of nitrogens with one attached hydrogen (secondary N) is 3. The van der Waals surface area contributed by atoms with E-state index in [1.54, 1.807) is 19.2 Å². The predicted octanol–water partition coefficient (Wildman–Crippen LogP) is 2.76. The second kappa shape index (κ2) is 11.5. The van der Waals surface area contributed by atoms with Crippen LogP contribution in [-0.2, 0) is 12.0 Å². The quantitative estimate of drug-likeness (QED) is 0.425. The minimum absolute atomic E-state index is 0.0805. The lowest BCUT2D eigenvalue weighted by Crippen LogP contribution is -2.43. The van der Waals surface area contributed by atoms with Crippen LogP contribution in [0.25, 0.3) is 0 Å². The minimum atomic E-state index is -0.274. The van der Waals surface area contributed by atoms with Gasteiger partial charge in [0, 0.05) is 44.2 Å². The molecule has 0 unspecified atom stereocenters. The zero-order valence-corrected chi connectivity index (χ0v) is 19.1. The van der Waals surface area contributed by atoms with Crippen molar-refractivity contribution in [3.8, 4) is 0 Å². The minimum Gasteiger partial charge on any atom is -0.356 e. The van der Waals surface area contributed by atoms with Gasteiger partial charge in [0.15, 0.2) is 5.96 Å². The molecule has 2 rings (SSSR count). The van der Waals surface area contributed by atoms with Crippen LogP contribution in [0.15, 0.2) is 53.5 Å². The third kappa shape index (κ3) is 8.02. The lowest BCUT2D eigenvalue weighted by molar-refractivity contribution is 0.0951. The number of hydrogen-bond donors (Lipinski definition) is 3. The average molecular weight is 428 g/mol. The molecule has 2 aromatic carbocycles. The average Bonchev–Trinajstić information content (AvgIpc) is 2.73. The number of amides is 1. The summed E-state index contributed by atoms with van der Waals surface area (Å²) in [5, 5.41) is 9.50. The zero-order valence-electron chi connectivity index (χ0n) is 19.1. The Morgan fingerprint density at radius 2 is 1.81 bits per heavy atom. The maximum absolute atomic E-state index is 13.6. The third-order valence-corrected chi connectivity index (χ3v) is 5.02. The lowest BCUT2D eigenvalue weighted by atomic mass is 9.84. The van der Waals surface area contributed by atoms with Crippen molar-refractivity contribution in [1.29, 1.82) is 0 Å². The molecule has 7 heteroatoms. The van der Waals surface area contributed by atoms with E-state index < -0.39 is 0 Å². The van der Waals surface area contributed by atoms with E-state index in [0.717, 1.165) is 17.7 Å². The van der Waals surface area contributed by atoms with Crippen LogP contribution in [0.3, 0.4) is 0 Å². The van der Waals surface area contributed by atoms with Crippen LogP contribution in [-0.4, -0.2) is 57.5 Å². The van der Waals surface area contributed by atoms with Gasteiger partial charge in [-0.1, -0.05) is 38.1 Å². The summed E-state index contributed by atoms with van der Waals surface area (Å²) in [7, 11) is 5.65. The molecule has 2 aromatic rings. The predicted molar refractivity (Wildman–Crippen MR) is 125 cm³/mol. The first-order valence-electron chi connectivity index (χ1n) is 10.4. The molecule has 1 amide bonds. The van der Waals surface area contributed by atoms with E-state index in [9.17, 15) is 9.18 Å². The van der Waals surface area contributed by atoms with E-state index in [-0.39, 0.29) is 17.1 Å². The van der Waals surface area contributed by atoms with Gasteiger partial charge in [-0.2, -0.15) is 0 Å². The summed E-state index contributed by atoms with van der Waals surface area (Å²) in [6.45, 7) is 6.62. The molecular formula is C24H34FN5O. The molecule has 0 heterocycles. The van der Waals surface area contributed by atoms with Crippen molar-refractivity contribution in [3.05, 3.63) is 71.0 Å². The summed E-state index contributed by atoms with van der Waals surface area (Å²) in [5.41, 5.74) is 2.26. The van der Waals surface area contributed by atoms with Crippen LogP contribution in [0.4, 0.5) is 4.39 Å². The molecule has 6 nitrogen and oxygen atoms in total. The fourth-order valence-corrected chi connectivity index (χ4v) is 3.04. The monoisotopic (exact) mass is 427 g/mol. The Kier molecular flexibility index (Phi) is 9.00. The molecule has 0 saturated heterocycles. The second-order valence-corrected chi connectivity index (χ2v) is 8.43. The van der Waals surface area contributed by atoms with E-state index in [0.29, 0.717) is 31.2 Å². The molecule has 31 heavy (non-hydrogen) atoms. The van der Waals surface area contributed by atoms with Crippen LogP contribution in [0.2, 0.25) is 0 Å². The largest absolute Gasteiger partial charge is 0.356 e. The van der Waals surface area contributed by atoms with E-state index in [4.69, 9.17) is 0 Å². The number of halogens is 1. The SMILES string of the molecule is CN=C(NCc1cccc(C(=O)NCCN(C)C)c1)NCC(C)(C)c1cccc(F)c1. The number of hydrogen-bond acceptors (Lipinski definition) is 3. The highest BCUT2D eigenvalue weighted by atomic mass is 19.1. The van der Waals surface area contributed by atoms with Crippen LogP contribution in [0, 0.1) is 5.82 Å². The molecule has 0 aliphatic rings. The van der Waals surface area contributed by atoms with Crippen molar-refractivity contribution in [1.82, 2.24) is 20.9 Å². The topological polar surface area (TPSA) is 68.8 Å². The van der Waals surface area contributed by atoms with Crippen molar-refractivity contribution in [3.63, 3.8) is 0 Å². The summed E-state index contributed by atoms with van der Waals surface area (Å²) >= 11 is 0. The molecule has 0 saturated carbocycles. The smallest absolute Gasteiger partial charge is 0.251 e. The first kappa shape index (κ1) is 24.3. The summed E-state index contributed by atoms with van der Waals surface area (Å²) < 4.78 is 13.6. The lowest BCUT2D eigenvalue weighted by Gasteiger charge is -2.27. The highest BCUT2D eigenvalue weighted by Crippen LogP contribution is 2.22. The van der Waals surface area contributed by atoms with Crippen molar-refractivity contribution < 1.29 is 9.18 Å². The molecule has 0 radical (unpaired) electrons. The second-order valence-electron chi connectivity index (χ2n) is 8.43. The Bertz CT molecular complexity index is 895. The van der Waals surface area contributed by atoms with Crippen molar-refractivity contribution >= 4 is 11.9 Å². The molecule has 0 fully saturated rings. The van der Waals surface area contributed by atoms with Crippen molar-refractivity contribution in [2.75, 3.05) is 40.8 Å². The molecule has 0 aliphatic carbocycles. The van der Waals surface area contributed by atoms with Gasteiger partial charge in [-0.15, -0.1) is 0 Å². The van der Waals surface area contributed by atoms with Gasteiger partial charge in [-0.05, 0) is 49.5 Å². The molecule has 0 aromatic heterocycles. The van der Waals surface area contributed by atoms with Crippen LogP contribution in [0.1, 0.15) is 35.3 Å². The first-order chi connectivity index (χ1) is 14.7. The van der Waals surface area contributed by atoms with Gasteiger partial charge in [0.2, 0.25) is 0 Å². The summed E-state index contributed by atoms with van der Waals surface area (Å²) in [4.78, 5) is 18.6. The van der Waals surface area contributed by atoms with Gasteiger partial charge in [-0.3, -0.25) is 9.79 Å². The standard InChI is InChI=1S/C24H34FN5O/c1-24(2,20-10-7-11-21(25)15-20)17-29-23(26-3)28-16-18-8-6-9-19(14-18)22(31)27-12-13-30(4)5/h6-11,14-15H,12-13,16-17H2,1-5H3,(H,27,31)(H2,26,28,29). The summed E-state index contributed by atoms with van der Waals surface area (Å²) in [6.07, 6.45) is 0. The van der Waals surface area contributed by atoms with Gasteiger partial charge in [0.25, 0.3) is 5.91 Å². The molecule has 0 aliphatic heterocycles. The number of carbonyl (C=O) groups is 1. The Balaban J connectivity index is 1.90. The Morgan fingerprint density at radius 1 is 1.06 bits per heavy atom. The van der Waals surface area contributed by atoms with Crippen LogP contribution < -0.4 is 16.0 Å². The summed E-state index contributed by atoms with van der Waals surface area (Å²) in [5.74, 6) is 0.326. The molecule has 3 N–H and O–H groups in total. The number of likely N-dealkylation sites (N-methyl/N-ethyl adjacent to an activating group) is 1. The van der Waals surface area contributed by atoms with Gasteiger partial charge >= 0.3 is 0 Å². The Labute approximate surface area is 184 Å². The van der Waals surface area contributed by atoms with Crippen molar-refractivity contribution in [2.45, 2.75) is 25.8 Å². The highest BCUT2D eigenvalue weighted by Gasteiger charge is 2.21. The first-order valence-corrected chi connectivity index (χ1v) is 10.4. The van der Waals surface area contributed by atoms with Gasteiger partial charge in [0.1, 0.15) is 5.82 Å². The number of guanidine groups is 1.